The van der Waals surface area contributed by atoms with Gasteiger partial charge in [-0.2, -0.15) is 0 Å². The van der Waals surface area contributed by atoms with E-state index in [0.29, 0.717) is 13.0 Å². The molecule has 0 saturated carbocycles. The number of rotatable bonds is 11. The molecule has 1 aliphatic heterocycles. The molecule has 4 aromatic rings. The predicted molar refractivity (Wildman–Crippen MR) is 179 cm³/mol. The van der Waals surface area contributed by atoms with Crippen molar-refractivity contribution < 1.29 is 14.4 Å². The summed E-state index contributed by atoms with van der Waals surface area (Å²) in [5.74, 6) is -0.374. The van der Waals surface area contributed by atoms with Crippen LogP contribution in [0.2, 0.25) is 0 Å². The number of hydrogen-bond acceptors (Lipinski definition) is 4. The van der Waals surface area contributed by atoms with Gasteiger partial charge in [0.05, 0.1) is 11.6 Å². The van der Waals surface area contributed by atoms with Crippen LogP contribution >= 0.6 is 0 Å². The van der Waals surface area contributed by atoms with Crippen molar-refractivity contribution in [2.75, 3.05) is 6.54 Å². The minimum absolute atomic E-state index is 0.00461. The van der Waals surface area contributed by atoms with Gasteiger partial charge in [0.15, 0.2) is 0 Å². The molecular weight excluding hydrogens is 558 g/mol. The van der Waals surface area contributed by atoms with Crippen LogP contribution in [0.4, 0.5) is 0 Å². The third-order valence-electron chi connectivity index (χ3n) is 8.82. The Hall–Kier alpha value is -4.55. The lowest BCUT2D eigenvalue weighted by atomic mass is 9.76. The van der Waals surface area contributed by atoms with Crippen molar-refractivity contribution in [2.45, 2.75) is 70.6 Å². The van der Waals surface area contributed by atoms with Crippen molar-refractivity contribution in [2.24, 2.45) is 0 Å². The zero-order chi connectivity index (χ0) is 32.0. The zero-order valence-electron chi connectivity index (χ0n) is 26.6. The lowest BCUT2D eigenvalue weighted by molar-refractivity contribution is -0.147. The van der Waals surface area contributed by atoms with Crippen LogP contribution in [0.5, 0.6) is 0 Å². The smallest absolute Gasteiger partial charge is 0.243 e. The summed E-state index contributed by atoms with van der Waals surface area (Å²) in [7, 11) is 0. The lowest BCUT2D eigenvalue weighted by Crippen LogP contribution is -2.65. The monoisotopic (exact) mass is 601 g/mol. The molecular formula is C39H43N3O3. The Morgan fingerprint density at radius 1 is 0.867 bits per heavy atom. The third kappa shape index (κ3) is 7.07. The third-order valence-corrected chi connectivity index (χ3v) is 8.82. The van der Waals surface area contributed by atoms with Gasteiger partial charge in [-0.1, -0.05) is 115 Å². The first-order valence-corrected chi connectivity index (χ1v) is 15.8. The second kappa shape index (κ2) is 14.0. The summed E-state index contributed by atoms with van der Waals surface area (Å²) in [5.41, 5.74) is 5.43. The fourth-order valence-electron chi connectivity index (χ4n) is 6.59. The number of aryl methyl sites for hydroxylation is 2. The normalized spacial score (nSPS) is 17.4. The maximum atomic E-state index is 15.0. The number of ketones is 1. The molecule has 1 saturated heterocycles. The van der Waals surface area contributed by atoms with E-state index >= 15 is 0 Å². The SMILES string of the molecule is CC(=O)CC[C@H]1C(=O)N[C@H](C)CN1C(=O)[C@@H](Cc1ccc(C)cc1C)NC(c1ccccc1)(c1ccccc1)c1ccccc1. The van der Waals surface area contributed by atoms with Crippen LogP contribution in [-0.4, -0.2) is 47.2 Å². The Balaban J connectivity index is 1.69. The van der Waals surface area contributed by atoms with Gasteiger partial charge in [0.2, 0.25) is 11.8 Å². The van der Waals surface area contributed by atoms with Crippen molar-refractivity contribution in [1.82, 2.24) is 15.5 Å². The minimum atomic E-state index is -0.888. The topological polar surface area (TPSA) is 78.5 Å². The highest BCUT2D eigenvalue weighted by atomic mass is 16.2. The highest BCUT2D eigenvalue weighted by molar-refractivity contribution is 5.92. The Morgan fingerprint density at radius 2 is 1.40 bits per heavy atom. The molecule has 4 aromatic carbocycles. The Bertz CT molecular complexity index is 1520. The number of piperazine rings is 1. The van der Waals surface area contributed by atoms with E-state index in [1.54, 1.807) is 4.90 Å². The van der Waals surface area contributed by atoms with Gasteiger partial charge in [-0.05, 0) is 68.4 Å². The highest BCUT2D eigenvalue weighted by Gasteiger charge is 2.44. The van der Waals surface area contributed by atoms with E-state index in [1.807, 2.05) is 61.5 Å². The molecule has 0 unspecified atom stereocenters. The zero-order valence-corrected chi connectivity index (χ0v) is 26.6. The molecule has 6 heteroatoms. The van der Waals surface area contributed by atoms with E-state index in [0.717, 1.165) is 33.4 Å². The molecule has 45 heavy (non-hydrogen) atoms. The summed E-state index contributed by atoms with van der Waals surface area (Å²) in [6, 6.07) is 35.4. The van der Waals surface area contributed by atoms with Crippen molar-refractivity contribution in [1.29, 1.82) is 0 Å². The van der Waals surface area contributed by atoms with Crippen molar-refractivity contribution in [3.63, 3.8) is 0 Å². The van der Waals surface area contributed by atoms with Gasteiger partial charge in [0, 0.05) is 19.0 Å². The average molecular weight is 602 g/mol. The average Bonchev–Trinajstić information content (AvgIpc) is 3.04. The number of carbonyl (C=O) groups excluding carboxylic acids is 3. The second-order valence-corrected chi connectivity index (χ2v) is 12.3. The molecule has 5 rings (SSSR count). The van der Waals surface area contributed by atoms with Crippen molar-refractivity contribution in [3.05, 3.63) is 143 Å². The number of carbonyl (C=O) groups is 3. The molecule has 1 fully saturated rings. The van der Waals surface area contributed by atoms with Gasteiger partial charge in [0.1, 0.15) is 11.8 Å². The molecule has 1 heterocycles. The van der Waals surface area contributed by atoms with E-state index in [1.165, 1.54) is 6.92 Å². The van der Waals surface area contributed by atoms with Crippen LogP contribution in [-0.2, 0) is 26.3 Å². The highest BCUT2D eigenvalue weighted by Crippen LogP contribution is 2.38. The van der Waals surface area contributed by atoms with Crippen molar-refractivity contribution >= 4 is 17.6 Å². The second-order valence-electron chi connectivity index (χ2n) is 12.3. The lowest BCUT2D eigenvalue weighted by Gasteiger charge is -2.44. The minimum Gasteiger partial charge on any atom is -0.350 e. The van der Waals surface area contributed by atoms with E-state index in [4.69, 9.17) is 0 Å². The first-order chi connectivity index (χ1) is 21.7. The van der Waals surface area contributed by atoms with Crippen LogP contribution in [0.15, 0.2) is 109 Å². The molecule has 232 valence electrons. The number of hydrogen-bond donors (Lipinski definition) is 2. The van der Waals surface area contributed by atoms with Crippen LogP contribution in [0.1, 0.15) is 60.1 Å². The van der Waals surface area contributed by atoms with Crippen LogP contribution < -0.4 is 10.6 Å². The molecule has 0 aliphatic carbocycles. The Kier molecular flexibility index (Phi) is 9.94. The first kappa shape index (κ1) is 31.9. The fourth-order valence-corrected chi connectivity index (χ4v) is 6.59. The summed E-state index contributed by atoms with van der Waals surface area (Å²) < 4.78 is 0. The number of amides is 2. The number of Topliss-reactive ketones (excluding diaryl/α,β-unsaturated/α-hetero) is 1. The Morgan fingerprint density at radius 3 is 1.89 bits per heavy atom. The van der Waals surface area contributed by atoms with E-state index in [2.05, 4.69) is 79.1 Å². The maximum Gasteiger partial charge on any atom is 0.243 e. The van der Waals surface area contributed by atoms with E-state index in [-0.39, 0.29) is 36.5 Å². The maximum absolute atomic E-state index is 15.0. The fraction of sp³-hybridized carbons (Fsp3) is 0.308. The molecule has 0 spiro atoms. The Labute approximate surface area is 266 Å². The summed E-state index contributed by atoms with van der Waals surface area (Å²) in [5, 5.41) is 6.93. The van der Waals surface area contributed by atoms with Gasteiger partial charge in [-0.25, -0.2) is 0 Å². The molecule has 1 aliphatic rings. The summed E-state index contributed by atoms with van der Waals surface area (Å²) >= 11 is 0. The van der Waals surface area contributed by atoms with E-state index < -0.39 is 17.6 Å². The van der Waals surface area contributed by atoms with Crippen LogP contribution in [0.3, 0.4) is 0 Å². The number of nitrogens with zero attached hydrogens (tertiary/aromatic N) is 1. The van der Waals surface area contributed by atoms with E-state index in [9.17, 15) is 14.4 Å². The number of benzene rings is 4. The summed E-state index contributed by atoms with van der Waals surface area (Å²) in [6.07, 6.45) is 0.940. The van der Waals surface area contributed by atoms with Crippen LogP contribution in [0.25, 0.3) is 0 Å². The largest absolute Gasteiger partial charge is 0.350 e. The van der Waals surface area contributed by atoms with Gasteiger partial charge in [-0.15, -0.1) is 0 Å². The number of nitrogens with one attached hydrogen (secondary N) is 2. The first-order valence-electron chi connectivity index (χ1n) is 15.8. The predicted octanol–water partition coefficient (Wildman–Crippen LogP) is 5.88. The van der Waals surface area contributed by atoms with Crippen LogP contribution in [0, 0.1) is 13.8 Å². The van der Waals surface area contributed by atoms with Crippen molar-refractivity contribution in [3.8, 4) is 0 Å². The van der Waals surface area contributed by atoms with Gasteiger partial charge >= 0.3 is 0 Å². The molecule has 2 N–H and O–H groups in total. The quantitative estimate of drug-likeness (QED) is 0.211. The molecule has 0 bridgehead atoms. The summed E-state index contributed by atoms with van der Waals surface area (Å²) in [6.45, 7) is 7.94. The molecule has 3 atom stereocenters. The summed E-state index contributed by atoms with van der Waals surface area (Å²) in [4.78, 5) is 42.0. The molecule has 0 radical (unpaired) electrons. The van der Waals surface area contributed by atoms with Gasteiger partial charge in [-0.3, -0.25) is 14.9 Å². The van der Waals surface area contributed by atoms with Gasteiger partial charge < -0.3 is 15.0 Å². The van der Waals surface area contributed by atoms with Gasteiger partial charge in [0.25, 0.3) is 0 Å². The molecule has 6 nitrogen and oxygen atoms in total. The molecule has 2 amide bonds. The molecule has 0 aromatic heterocycles. The standard InChI is InChI=1S/C39H43N3O3/c1-27-20-22-31(28(2)24-27)25-35(38(45)42-26-29(3)40-37(44)36(42)23-21-30(4)43)41-39(32-14-8-5-9-15-32,33-16-10-6-11-17-33)34-18-12-7-13-19-34/h5-20,22,24,29,35-36,41H,21,23,25-26H2,1-4H3,(H,40,44)/t29-,35-,36+/m1/s1.